The molecule has 2 aromatic rings. The van der Waals surface area contributed by atoms with Crippen molar-refractivity contribution in [2.24, 2.45) is 0 Å². The second-order valence-corrected chi connectivity index (χ2v) is 7.86. The van der Waals surface area contributed by atoms with Crippen LogP contribution in [0, 0.1) is 0 Å². The van der Waals surface area contributed by atoms with Crippen LogP contribution < -0.4 is 10.2 Å². The predicted molar refractivity (Wildman–Crippen MR) is 117 cm³/mol. The molecule has 7 nitrogen and oxygen atoms in total. The normalized spacial score (nSPS) is 19.3. The summed E-state index contributed by atoms with van der Waals surface area (Å²) in [5.41, 5.74) is 0.963. The van der Waals surface area contributed by atoms with Crippen molar-refractivity contribution < 1.29 is 24.2 Å². The Bertz CT molecular complexity index is 946. The van der Waals surface area contributed by atoms with E-state index in [1.54, 1.807) is 26.0 Å². The third-order valence-corrected chi connectivity index (χ3v) is 5.62. The lowest BCUT2D eigenvalue weighted by molar-refractivity contribution is -0.146. The van der Waals surface area contributed by atoms with Crippen LogP contribution in [0.4, 0.5) is 10.5 Å². The van der Waals surface area contributed by atoms with Crippen LogP contribution in [-0.4, -0.2) is 41.3 Å². The first-order valence-corrected chi connectivity index (χ1v) is 10.5. The van der Waals surface area contributed by atoms with Crippen molar-refractivity contribution in [2.45, 2.75) is 51.1 Å². The number of amides is 2. The topological polar surface area (TPSA) is 95.9 Å². The van der Waals surface area contributed by atoms with Gasteiger partial charge in [-0.05, 0) is 56.7 Å². The van der Waals surface area contributed by atoms with E-state index in [0.29, 0.717) is 31.4 Å². The molecular weight excluding hydrogens is 396 g/mol. The largest absolute Gasteiger partial charge is 0.465 e. The summed E-state index contributed by atoms with van der Waals surface area (Å²) in [4.78, 5) is 38.8. The van der Waals surface area contributed by atoms with Crippen LogP contribution in [0.15, 0.2) is 54.6 Å². The summed E-state index contributed by atoms with van der Waals surface area (Å²) in [5.74, 6) is -1.05. The number of ether oxygens (including phenoxy) is 1. The molecule has 0 saturated carbocycles. The zero-order valence-corrected chi connectivity index (χ0v) is 17.8. The lowest BCUT2D eigenvalue weighted by atomic mass is 9.91. The maximum atomic E-state index is 13.4. The van der Waals surface area contributed by atoms with Crippen LogP contribution in [0.1, 0.15) is 37.8 Å². The van der Waals surface area contributed by atoms with Crippen LogP contribution in [0.5, 0.6) is 0 Å². The number of rotatable bonds is 7. The average molecular weight is 424 g/mol. The molecule has 1 aliphatic rings. The first-order chi connectivity index (χ1) is 14.9. The van der Waals surface area contributed by atoms with Gasteiger partial charge in [0.05, 0.1) is 17.8 Å². The Morgan fingerprint density at radius 1 is 1.16 bits per heavy atom. The van der Waals surface area contributed by atoms with Crippen molar-refractivity contribution >= 4 is 23.7 Å². The molecule has 1 aliphatic heterocycles. The Kier molecular flexibility index (Phi) is 7.07. The summed E-state index contributed by atoms with van der Waals surface area (Å²) in [6.07, 6.45) is 0.553. The third kappa shape index (κ3) is 5.11. The van der Waals surface area contributed by atoms with E-state index in [4.69, 9.17) is 4.74 Å². The number of carbonyl (C=O) groups excluding carboxylic acids is 2. The van der Waals surface area contributed by atoms with E-state index in [2.05, 4.69) is 5.32 Å². The van der Waals surface area contributed by atoms with Crippen LogP contribution >= 0.6 is 0 Å². The molecule has 164 valence electrons. The Morgan fingerprint density at radius 3 is 2.52 bits per heavy atom. The van der Waals surface area contributed by atoms with Crippen LogP contribution in [0.2, 0.25) is 0 Å². The second kappa shape index (κ2) is 9.75. The van der Waals surface area contributed by atoms with E-state index in [-0.39, 0.29) is 6.61 Å². The standard InChI is InChI=1S/C24H28N2O5/c1-3-31-21(27)19(14-13-17-9-5-4-6-10-17)25-24(2)16-15-18-11-7-8-12-20(18)26(22(24)28)23(29)30/h4-12,19,25H,3,13-16H2,1-2H3,(H,29,30)/t19-,24-/m0/s1. The van der Waals surface area contributed by atoms with Gasteiger partial charge in [-0.25, -0.2) is 9.69 Å². The molecule has 31 heavy (non-hydrogen) atoms. The molecule has 2 atom stereocenters. The molecule has 0 saturated heterocycles. The number of anilines is 1. The lowest BCUT2D eigenvalue weighted by Crippen LogP contribution is -2.61. The number of aryl methyl sites for hydroxylation is 2. The molecule has 0 radical (unpaired) electrons. The second-order valence-electron chi connectivity index (χ2n) is 7.86. The fraction of sp³-hybridized carbons (Fsp3) is 0.375. The number of fused-ring (bicyclic) bond motifs is 1. The molecule has 0 fully saturated rings. The molecule has 3 rings (SSSR count). The van der Waals surface area contributed by atoms with Crippen LogP contribution in [0.25, 0.3) is 0 Å². The maximum Gasteiger partial charge on any atom is 0.418 e. The van der Waals surface area contributed by atoms with Crippen molar-refractivity contribution in [2.75, 3.05) is 11.5 Å². The van der Waals surface area contributed by atoms with Crippen molar-refractivity contribution in [1.29, 1.82) is 0 Å². The van der Waals surface area contributed by atoms with Gasteiger partial charge in [0.25, 0.3) is 5.91 Å². The Labute approximate surface area is 182 Å². The highest BCUT2D eigenvalue weighted by Gasteiger charge is 2.44. The number of benzene rings is 2. The zero-order chi connectivity index (χ0) is 22.4. The van der Waals surface area contributed by atoms with Gasteiger partial charge in [0.2, 0.25) is 0 Å². The van der Waals surface area contributed by atoms with E-state index in [1.807, 2.05) is 42.5 Å². The van der Waals surface area contributed by atoms with Crippen LogP contribution in [0.3, 0.4) is 0 Å². The van der Waals surface area contributed by atoms with Crippen LogP contribution in [-0.2, 0) is 27.2 Å². The fourth-order valence-corrected chi connectivity index (χ4v) is 3.94. The molecule has 0 bridgehead atoms. The molecule has 1 heterocycles. The Morgan fingerprint density at radius 2 is 1.84 bits per heavy atom. The quantitative estimate of drug-likeness (QED) is 0.660. The molecule has 2 N–H and O–H groups in total. The SMILES string of the molecule is CCOC(=O)[C@H](CCc1ccccc1)N[C@@]1(C)CCc2ccccc2N(C(=O)O)C1=O. The van der Waals surface area contributed by atoms with E-state index >= 15 is 0 Å². The molecule has 7 heteroatoms. The number of hydrogen-bond acceptors (Lipinski definition) is 5. The summed E-state index contributed by atoms with van der Waals surface area (Å²) in [5, 5.41) is 12.9. The zero-order valence-electron chi connectivity index (χ0n) is 17.8. The molecule has 0 aliphatic carbocycles. The summed E-state index contributed by atoms with van der Waals surface area (Å²) in [7, 11) is 0. The number of nitrogens with one attached hydrogen (secondary N) is 1. The van der Waals surface area contributed by atoms with Gasteiger partial charge in [-0.15, -0.1) is 0 Å². The van der Waals surface area contributed by atoms with Gasteiger partial charge in [-0.2, -0.15) is 0 Å². The molecule has 0 aromatic heterocycles. The van der Waals surface area contributed by atoms with Gasteiger partial charge < -0.3 is 9.84 Å². The smallest absolute Gasteiger partial charge is 0.418 e. The Balaban J connectivity index is 1.87. The number of imide groups is 1. The van der Waals surface area contributed by atoms with Crippen molar-refractivity contribution in [3.8, 4) is 0 Å². The van der Waals surface area contributed by atoms with E-state index in [9.17, 15) is 19.5 Å². The average Bonchev–Trinajstić information content (AvgIpc) is 2.87. The summed E-state index contributed by atoms with van der Waals surface area (Å²) in [6, 6.07) is 16.0. The van der Waals surface area contributed by atoms with E-state index < -0.39 is 29.6 Å². The van der Waals surface area contributed by atoms with Crippen molar-refractivity contribution in [3.63, 3.8) is 0 Å². The third-order valence-electron chi connectivity index (χ3n) is 5.62. The lowest BCUT2D eigenvalue weighted by Gasteiger charge is -2.34. The number of para-hydroxylation sites is 1. The first kappa shape index (κ1) is 22.5. The van der Waals surface area contributed by atoms with Gasteiger partial charge in [0.1, 0.15) is 6.04 Å². The van der Waals surface area contributed by atoms with Gasteiger partial charge in [0, 0.05) is 0 Å². The summed E-state index contributed by atoms with van der Waals surface area (Å²) in [6.45, 7) is 3.61. The summed E-state index contributed by atoms with van der Waals surface area (Å²) >= 11 is 0. The number of carbonyl (C=O) groups is 3. The monoisotopic (exact) mass is 424 g/mol. The minimum absolute atomic E-state index is 0.222. The first-order valence-electron chi connectivity index (χ1n) is 10.5. The number of nitrogens with zero attached hydrogens (tertiary/aromatic N) is 1. The number of hydrogen-bond donors (Lipinski definition) is 2. The van der Waals surface area contributed by atoms with Gasteiger partial charge >= 0.3 is 12.1 Å². The highest BCUT2D eigenvalue weighted by molar-refractivity contribution is 6.16. The van der Waals surface area contributed by atoms with Crippen molar-refractivity contribution in [3.05, 3.63) is 65.7 Å². The van der Waals surface area contributed by atoms with E-state index in [1.165, 1.54) is 0 Å². The molecular formula is C24H28N2O5. The molecule has 2 aromatic carbocycles. The van der Waals surface area contributed by atoms with Gasteiger partial charge in [-0.3, -0.25) is 14.9 Å². The molecule has 2 amide bonds. The number of carboxylic acid groups (broad SMARTS) is 1. The fourth-order valence-electron chi connectivity index (χ4n) is 3.94. The van der Waals surface area contributed by atoms with Gasteiger partial charge in [-0.1, -0.05) is 48.5 Å². The minimum atomic E-state index is -1.34. The minimum Gasteiger partial charge on any atom is -0.465 e. The van der Waals surface area contributed by atoms with E-state index in [0.717, 1.165) is 16.0 Å². The summed E-state index contributed by atoms with van der Waals surface area (Å²) < 4.78 is 5.24. The molecule has 0 unspecified atom stereocenters. The number of esters is 1. The highest BCUT2D eigenvalue weighted by Crippen LogP contribution is 2.32. The molecule has 0 spiro atoms. The Hall–Kier alpha value is -3.19. The maximum absolute atomic E-state index is 13.4. The van der Waals surface area contributed by atoms with Gasteiger partial charge in [0.15, 0.2) is 0 Å². The predicted octanol–water partition coefficient (Wildman–Crippen LogP) is 3.56. The highest BCUT2D eigenvalue weighted by atomic mass is 16.5. The van der Waals surface area contributed by atoms with Crippen molar-refractivity contribution in [1.82, 2.24) is 5.32 Å².